The van der Waals surface area contributed by atoms with Crippen LogP contribution in [0.15, 0.2) is 18.2 Å². The van der Waals surface area contributed by atoms with E-state index in [-0.39, 0.29) is 18.5 Å². The van der Waals surface area contributed by atoms with Crippen LogP contribution in [-0.2, 0) is 0 Å². The summed E-state index contributed by atoms with van der Waals surface area (Å²) < 4.78 is 13.5. The number of aliphatic hydroxyl groups is 1. The van der Waals surface area contributed by atoms with Crippen LogP contribution < -0.4 is 5.32 Å². The fourth-order valence-electron chi connectivity index (χ4n) is 2.61. The molecule has 19 heavy (non-hydrogen) atoms. The molecule has 0 aromatic heterocycles. The summed E-state index contributed by atoms with van der Waals surface area (Å²) in [6.07, 6.45) is 1.53. The van der Waals surface area contributed by atoms with Crippen LogP contribution in [0.1, 0.15) is 24.4 Å². The third-order valence-electron chi connectivity index (χ3n) is 3.50. The average Bonchev–Trinajstić information content (AvgIpc) is 2.39. The van der Waals surface area contributed by atoms with Gasteiger partial charge in [0, 0.05) is 43.9 Å². The van der Waals surface area contributed by atoms with Gasteiger partial charge in [0.15, 0.2) is 0 Å². The summed E-state index contributed by atoms with van der Waals surface area (Å²) >= 11 is 5.95. The minimum atomic E-state index is -0.299. The summed E-state index contributed by atoms with van der Waals surface area (Å²) in [5.41, 5.74) is 0.903. The first-order valence-corrected chi connectivity index (χ1v) is 7.10. The van der Waals surface area contributed by atoms with Crippen LogP contribution in [0.5, 0.6) is 0 Å². The molecule has 1 fully saturated rings. The molecule has 0 aliphatic carbocycles. The highest BCUT2D eigenvalue weighted by molar-refractivity contribution is 6.30. The Hall–Kier alpha value is -0.680. The molecule has 1 aromatic carbocycles. The predicted octanol–water partition coefficient (Wildman–Crippen LogP) is 2.20. The molecule has 1 aromatic rings. The second kappa shape index (κ2) is 7.20. The van der Waals surface area contributed by atoms with Crippen LogP contribution >= 0.6 is 11.6 Å². The van der Waals surface area contributed by atoms with Crippen molar-refractivity contribution in [3.63, 3.8) is 0 Å². The van der Waals surface area contributed by atoms with Crippen molar-refractivity contribution in [1.29, 1.82) is 0 Å². The number of nitrogens with one attached hydrogen (secondary N) is 1. The first-order valence-electron chi connectivity index (χ1n) is 6.72. The Bertz CT molecular complexity index is 390. The lowest BCUT2D eigenvalue weighted by molar-refractivity contribution is 0.154. The van der Waals surface area contributed by atoms with Crippen molar-refractivity contribution < 1.29 is 9.50 Å². The highest BCUT2D eigenvalue weighted by atomic mass is 35.5. The summed E-state index contributed by atoms with van der Waals surface area (Å²) in [7, 11) is 0. The van der Waals surface area contributed by atoms with Gasteiger partial charge in [0.2, 0.25) is 0 Å². The van der Waals surface area contributed by atoms with Crippen LogP contribution in [0.2, 0.25) is 5.02 Å². The molecule has 1 heterocycles. The normalized spacial score (nSPS) is 18.5. The van der Waals surface area contributed by atoms with Gasteiger partial charge in [-0.1, -0.05) is 11.6 Å². The number of rotatable bonds is 5. The van der Waals surface area contributed by atoms with E-state index in [1.807, 2.05) is 6.07 Å². The molecule has 0 unspecified atom stereocenters. The molecule has 5 heteroatoms. The Morgan fingerprint density at radius 2 is 2.05 bits per heavy atom. The maximum atomic E-state index is 13.5. The molecule has 1 atom stereocenters. The van der Waals surface area contributed by atoms with Gasteiger partial charge in [0.05, 0.1) is 0 Å². The van der Waals surface area contributed by atoms with E-state index in [4.69, 9.17) is 16.7 Å². The number of hydrogen-bond acceptors (Lipinski definition) is 3. The van der Waals surface area contributed by atoms with Gasteiger partial charge in [-0.2, -0.15) is 0 Å². The molecule has 1 aliphatic rings. The number of hydrogen-bond donors (Lipinski definition) is 2. The minimum absolute atomic E-state index is 0.127. The monoisotopic (exact) mass is 286 g/mol. The highest BCUT2D eigenvalue weighted by Crippen LogP contribution is 2.28. The SMILES string of the molecule is OCCC[C@@H](c1cc(F)cc(Cl)c1)N1CCNCC1. The van der Waals surface area contributed by atoms with E-state index in [0.29, 0.717) is 11.4 Å². The lowest BCUT2D eigenvalue weighted by Gasteiger charge is -2.35. The summed E-state index contributed by atoms with van der Waals surface area (Å²) in [5, 5.41) is 12.8. The standard InChI is InChI=1S/C14H20ClFN2O/c15-12-8-11(9-13(16)10-12)14(2-1-7-19)18-5-3-17-4-6-18/h8-10,14,17,19H,1-7H2/t14-/m0/s1. The topological polar surface area (TPSA) is 35.5 Å². The lowest BCUT2D eigenvalue weighted by atomic mass is 9.99. The van der Waals surface area contributed by atoms with Crippen LogP contribution in [0, 0.1) is 5.82 Å². The summed E-state index contributed by atoms with van der Waals surface area (Å²) in [5.74, 6) is -0.299. The quantitative estimate of drug-likeness (QED) is 0.871. The molecule has 1 saturated heterocycles. The van der Waals surface area contributed by atoms with Crippen LogP contribution in [0.4, 0.5) is 4.39 Å². The Balaban J connectivity index is 2.19. The molecule has 0 saturated carbocycles. The number of benzene rings is 1. The Morgan fingerprint density at radius 3 is 2.68 bits per heavy atom. The van der Waals surface area contributed by atoms with Gasteiger partial charge in [0.1, 0.15) is 5.82 Å². The van der Waals surface area contributed by atoms with Gasteiger partial charge in [0.25, 0.3) is 0 Å². The van der Waals surface area contributed by atoms with Crippen molar-refractivity contribution in [2.75, 3.05) is 32.8 Å². The van der Waals surface area contributed by atoms with Crippen molar-refractivity contribution in [3.8, 4) is 0 Å². The maximum Gasteiger partial charge on any atom is 0.125 e. The van der Waals surface area contributed by atoms with Gasteiger partial charge < -0.3 is 10.4 Å². The van der Waals surface area contributed by atoms with Gasteiger partial charge in [-0.15, -0.1) is 0 Å². The van der Waals surface area contributed by atoms with E-state index >= 15 is 0 Å². The smallest absolute Gasteiger partial charge is 0.125 e. The molecule has 106 valence electrons. The molecule has 0 bridgehead atoms. The van der Waals surface area contributed by atoms with E-state index in [2.05, 4.69) is 10.2 Å². The number of nitrogens with zero attached hydrogens (tertiary/aromatic N) is 1. The Labute approximate surface area is 118 Å². The van der Waals surface area contributed by atoms with Crippen LogP contribution in [0.3, 0.4) is 0 Å². The third-order valence-corrected chi connectivity index (χ3v) is 3.72. The van der Waals surface area contributed by atoms with E-state index in [9.17, 15) is 4.39 Å². The van der Waals surface area contributed by atoms with E-state index in [1.54, 1.807) is 6.07 Å². The Kier molecular flexibility index (Phi) is 5.58. The molecule has 2 N–H and O–H groups in total. The summed E-state index contributed by atoms with van der Waals surface area (Å²) in [6, 6.07) is 4.83. The second-order valence-corrected chi connectivity index (χ2v) is 5.31. The maximum absolute atomic E-state index is 13.5. The van der Waals surface area contributed by atoms with Gasteiger partial charge >= 0.3 is 0 Å². The first kappa shape index (κ1) is 14.7. The zero-order valence-corrected chi connectivity index (χ0v) is 11.7. The van der Waals surface area contributed by atoms with E-state index < -0.39 is 0 Å². The molecule has 2 rings (SSSR count). The summed E-state index contributed by atoms with van der Waals surface area (Å²) in [4.78, 5) is 2.33. The Morgan fingerprint density at radius 1 is 1.32 bits per heavy atom. The van der Waals surface area contributed by atoms with Crippen LogP contribution in [-0.4, -0.2) is 42.8 Å². The second-order valence-electron chi connectivity index (χ2n) is 4.87. The third kappa shape index (κ3) is 4.14. The van der Waals surface area contributed by atoms with Crippen LogP contribution in [0.25, 0.3) is 0 Å². The fourth-order valence-corrected chi connectivity index (χ4v) is 2.84. The minimum Gasteiger partial charge on any atom is -0.396 e. The van der Waals surface area contributed by atoms with Crippen molar-refractivity contribution in [3.05, 3.63) is 34.6 Å². The number of halogens is 2. The van der Waals surface area contributed by atoms with Gasteiger partial charge in [-0.05, 0) is 36.6 Å². The van der Waals surface area contributed by atoms with Gasteiger partial charge in [-0.3, -0.25) is 4.90 Å². The zero-order valence-electron chi connectivity index (χ0n) is 10.9. The molecule has 0 amide bonds. The lowest BCUT2D eigenvalue weighted by Crippen LogP contribution is -2.45. The molecular weight excluding hydrogens is 267 g/mol. The van der Waals surface area contributed by atoms with Crippen molar-refractivity contribution in [2.45, 2.75) is 18.9 Å². The first-order chi connectivity index (χ1) is 9.20. The fraction of sp³-hybridized carbons (Fsp3) is 0.571. The summed E-state index contributed by atoms with van der Waals surface area (Å²) in [6.45, 7) is 3.91. The van der Waals surface area contributed by atoms with Gasteiger partial charge in [-0.25, -0.2) is 4.39 Å². The predicted molar refractivity (Wildman–Crippen MR) is 74.9 cm³/mol. The zero-order chi connectivity index (χ0) is 13.7. The average molecular weight is 287 g/mol. The largest absolute Gasteiger partial charge is 0.396 e. The van der Waals surface area contributed by atoms with Crippen molar-refractivity contribution >= 4 is 11.6 Å². The molecule has 3 nitrogen and oxygen atoms in total. The molecular formula is C14H20ClFN2O. The number of piperazine rings is 1. The number of aliphatic hydroxyl groups excluding tert-OH is 1. The van der Waals surface area contributed by atoms with E-state index in [1.165, 1.54) is 6.07 Å². The molecule has 1 aliphatic heterocycles. The molecule has 0 spiro atoms. The van der Waals surface area contributed by atoms with Crippen molar-refractivity contribution in [1.82, 2.24) is 10.2 Å². The van der Waals surface area contributed by atoms with E-state index in [0.717, 1.165) is 38.2 Å². The molecule has 0 radical (unpaired) electrons. The van der Waals surface area contributed by atoms with Crippen molar-refractivity contribution in [2.24, 2.45) is 0 Å². The highest BCUT2D eigenvalue weighted by Gasteiger charge is 2.22.